The highest BCUT2D eigenvalue weighted by Crippen LogP contribution is 2.16. The number of amides is 2. The third-order valence-electron chi connectivity index (χ3n) is 4.36. The van der Waals surface area contributed by atoms with Crippen LogP contribution in [0.4, 0.5) is 17.1 Å². The van der Waals surface area contributed by atoms with Crippen LogP contribution >= 0.6 is 0 Å². The largest absolute Gasteiger partial charge is 0.378 e. The third kappa shape index (κ3) is 6.70. The number of rotatable bonds is 9. The van der Waals surface area contributed by atoms with Gasteiger partial charge in [-0.25, -0.2) is 0 Å². The molecule has 0 aliphatic heterocycles. The van der Waals surface area contributed by atoms with Gasteiger partial charge in [0, 0.05) is 31.2 Å². The van der Waals surface area contributed by atoms with Gasteiger partial charge >= 0.3 is 0 Å². The lowest BCUT2D eigenvalue weighted by atomic mass is 10.2. The first-order valence-corrected chi connectivity index (χ1v) is 9.54. The van der Waals surface area contributed by atoms with E-state index in [-0.39, 0.29) is 24.9 Å². The van der Waals surface area contributed by atoms with Gasteiger partial charge in [-0.2, -0.15) is 0 Å². The van der Waals surface area contributed by atoms with Crippen molar-refractivity contribution in [3.63, 3.8) is 0 Å². The summed E-state index contributed by atoms with van der Waals surface area (Å²) in [6, 6.07) is 15.3. The zero-order valence-electron chi connectivity index (χ0n) is 17.2. The van der Waals surface area contributed by atoms with Crippen molar-refractivity contribution in [2.24, 2.45) is 0 Å². The molecule has 2 aromatic rings. The Bertz CT molecular complexity index is 787. The summed E-state index contributed by atoms with van der Waals surface area (Å²) in [5.41, 5.74) is 3.63. The Labute approximate surface area is 167 Å². The first-order valence-electron chi connectivity index (χ1n) is 9.54. The quantitative estimate of drug-likeness (QED) is 0.698. The zero-order chi connectivity index (χ0) is 20.5. The van der Waals surface area contributed by atoms with E-state index >= 15 is 0 Å². The van der Waals surface area contributed by atoms with Crippen LogP contribution < -0.4 is 15.5 Å². The number of nitrogens with one attached hydrogen (secondary N) is 2. The smallest absolute Gasteiger partial charge is 0.238 e. The fourth-order valence-electron chi connectivity index (χ4n) is 2.88. The maximum absolute atomic E-state index is 12.4. The molecular formula is C22H30N4O2. The maximum Gasteiger partial charge on any atom is 0.238 e. The van der Waals surface area contributed by atoms with E-state index in [4.69, 9.17) is 0 Å². The summed E-state index contributed by atoms with van der Waals surface area (Å²) in [5, 5.41) is 5.82. The second-order valence-electron chi connectivity index (χ2n) is 7.06. The number of anilines is 3. The van der Waals surface area contributed by atoms with Gasteiger partial charge in [-0.1, -0.05) is 25.1 Å². The van der Waals surface area contributed by atoms with Crippen molar-refractivity contribution in [1.29, 1.82) is 0 Å². The lowest BCUT2D eigenvalue weighted by Gasteiger charge is -2.21. The van der Waals surface area contributed by atoms with Crippen molar-refractivity contribution in [1.82, 2.24) is 4.90 Å². The van der Waals surface area contributed by atoms with E-state index in [1.54, 1.807) is 0 Å². The molecule has 0 aliphatic carbocycles. The lowest BCUT2D eigenvalue weighted by Crippen LogP contribution is -2.39. The molecule has 6 nitrogen and oxygen atoms in total. The van der Waals surface area contributed by atoms with Crippen LogP contribution in [0.15, 0.2) is 48.5 Å². The first-order chi connectivity index (χ1) is 13.4. The summed E-state index contributed by atoms with van der Waals surface area (Å²) >= 11 is 0. The van der Waals surface area contributed by atoms with E-state index in [0.717, 1.165) is 29.0 Å². The Morgan fingerprint density at radius 3 is 2.07 bits per heavy atom. The van der Waals surface area contributed by atoms with E-state index in [1.165, 1.54) is 0 Å². The molecule has 0 atom stereocenters. The third-order valence-corrected chi connectivity index (χ3v) is 4.36. The molecule has 0 aromatic heterocycles. The number of hydrogen-bond donors (Lipinski definition) is 2. The van der Waals surface area contributed by atoms with Crippen LogP contribution in [-0.4, -0.2) is 50.4 Å². The van der Waals surface area contributed by atoms with Crippen LogP contribution in [0.1, 0.15) is 18.9 Å². The SMILES string of the molecule is CCCN(CC(=O)Nc1ccc(N(C)C)cc1)CC(=O)Nc1ccccc1C. The topological polar surface area (TPSA) is 64.7 Å². The molecule has 2 N–H and O–H groups in total. The van der Waals surface area contributed by atoms with E-state index in [1.807, 2.05) is 86.3 Å². The molecule has 0 saturated carbocycles. The lowest BCUT2D eigenvalue weighted by molar-refractivity contribution is -0.120. The number of carbonyl (C=O) groups is 2. The van der Waals surface area contributed by atoms with Gasteiger partial charge in [0.2, 0.25) is 11.8 Å². The van der Waals surface area contributed by atoms with Crippen molar-refractivity contribution in [3.05, 3.63) is 54.1 Å². The van der Waals surface area contributed by atoms with Crippen LogP contribution in [0.25, 0.3) is 0 Å². The minimum atomic E-state index is -0.130. The second-order valence-corrected chi connectivity index (χ2v) is 7.06. The molecule has 6 heteroatoms. The van der Waals surface area contributed by atoms with Crippen molar-refractivity contribution >= 4 is 28.9 Å². The fourth-order valence-corrected chi connectivity index (χ4v) is 2.88. The van der Waals surface area contributed by atoms with E-state index < -0.39 is 0 Å². The molecule has 28 heavy (non-hydrogen) atoms. The summed E-state index contributed by atoms with van der Waals surface area (Å²) < 4.78 is 0. The summed E-state index contributed by atoms with van der Waals surface area (Å²) in [7, 11) is 3.94. The van der Waals surface area contributed by atoms with Gasteiger partial charge in [-0.05, 0) is 55.8 Å². The van der Waals surface area contributed by atoms with Crippen LogP contribution in [0.3, 0.4) is 0 Å². The van der Waals surface area contributed by atoms with Crippen molar-refractivity contribution in [3.8, 4) is 0 Å². The van der Waals surface area contributed by atoms with E-state index in [2.05, 4.69) is 10.6 Å². The molecular weight excluding hydrogens is 352 g/mol. The predicted molar refractivity (Wildman–Crippen MR) is 116 cm³/mol. The number of carbonyl (C=O) groups excluding carboxylic acids is 2. The molecule has 0 unspecified atom stereocenters. The number of nitrogens with zero attached hydrogens (tertiary/aromatic N) is 2. The van der Waals surface area contributed by atoms with Gasteiger partial charge in [-0.3, -0.25) is 14.5 Å². The molecule has 2 amide bonds. The van der Waals surface area contributed by atoms with Crippen molar-refractivity contribution < 1.29 is 9.59 Å². The first kappa shape index (κ1) is 21.4. The van der Waals surface area contributed by atoms with Crippen LogP contribution in [0.2, 0.25) is 0 Å². The molecule has 0 aliphatic rings. The van der Waals surface area contributed by atoms with Crippen LogP contribution in [-0.2, 0) is 9.59 Å². The normalized spacial score (nSPS) is 10.6. The zero-order valence-corrected chi connectivity index (χ0v) is 17.2. The van der Waals surface area contributed by atoms with Gasteiger partial charge in [-0.15, -0.1) is 0 Å². The summed E-state index contributed by atoms with van der Waals surface area (Å²) in [6.45, 7) is 5.01. The van der Waals surface area contributed by atoms with E-state index in [9.17, 15) is 9.59 Å². The monoisotopic (exact) mass is 382 g/mol. The highest BCUT2D eigenvalue weighted by Gasteiger charge is 2.15. The van der Waals surface area contributed by atoms with Gasteiger partial charge in [0.15, 0.2) is 0 Å². The van der Waals surface area contributed by atoms with Crippen molar-refractivity contribution in [2.75, 3.05) is 49.3 Å². The standard InChI is InChI=1S/C22H30N4O2/c1-5-14-26(16-22(28)24-20-9-7-6-8-17(20)2)15-21(27)23-18-10-12-19(13-11-18)25(3)4/h6-13H,5,14-16H2,1-4H3,(H,23,27)(H,24,28). The fraction of sp³-hybridized carbons (Fsp3) is 0.364. The summed E-state index contributed by atoms with van der Waals surface area (Å²) in [6.07, 6.45) is 0.864. The predicted octanol–water partition coefficient (Wildman–Crippen LogP) is 3.35. The molecule has 0 fully saturated rings. The van der Waals surface area contributed by atoms with Gasteiger partial charge in [0.25, 0.3) is 0 Å². The van der Waals surface area contributed by atoms with Gasteiger partial charge < -0.3 is 15.5 Å². The molecule has 0 spiro atoms. The average molecular weight is 383 g/mol. The highest BCUT2D eigenvalue weighted by atomic mass is 16.2. The second kappa shape index (κ2) is 10.5. The maximum atomic E-state index is 12.4. The van der Waals surface area contributed by atoms with Crippen molar-refractivity contribution in [2.45, 2.75) is 20.3 Å². The Balaban J connectivity index is 1.91. The molecule has 0 bridgehead atoms. The minimum Gasteiger partial charge on any atom is -0.378 e. The van der Waals surface area contributed by atoms with E-state index in [0.29, 0.717) is 6.54 Å². The van der Waals surface area contributed by atoms with Crippen LogP contribution in [0.5, 0.6) is 0 Å². The average Bonchev–Trinajstić information content (AvgIpc) is 2.64. The summed E-state index contributed by atoms with van der Waals surface area (Å²) in [4.78, 5) is 28.7. The van der Waals surface area contributed by atoms with Crippen LogP contribution in [0, 0.1) is 6.92 Å². The molecule has 0 radical (unpaired) electrons. The molecule has 0 heterocycles. The minimum absolute atomic E-state index is 0.120. The molecule has 2 aromatic carbocycles. The molecule has 150 valence electrons. The summed E-state index contributed by atoms with van der Waals surface area (Å²) in [5.74, 6) is -0.249. The highest BCUT2D eigenvalue weighted by molar-refractivity contribution is 5.95. The molecule has 0 saturated heterocycles. The van der Waals surface area contributed by atoms with Gasteiger partial charge in [0.1, 0.15) is 0 Å². The number of para-hydroxylation sites is 1. The number of hydrogen-bond acceptors (Lipinski definition) is 4. The number of aryl methyl sites for hydroxylation is 1. The molecule has 2 rings (SSSR count). The van der Waals surface area contributed by atoms with Gasteiger partial charge in [0.05, 0.1) is 13.1 Å². The Hall–Kier alpha value is -2.86. The Morgan fingerprint density at radius 1 is 0.893 bits per heavy atom. The number of benzene rings is 2. The Kier molecular flexibility index (Phi) is 8.02. The Morgan fingerprint density at radius 2 is 1.50 bits per heavy atom.